The lowest BCUT2D eigenvalue weighted by Crippen LogP contribution is -2.47. The Kier molecular flexibility index (Phi) is 3.61. The lowest BCUT2D eigenvalue weighted by Gasteiger charge is -2.38. The van der Waals surface area contributed by atoms with Crippen molar-refractivity contribution in [3.8, 4) is 0 Å². The second kappa shape index (κ2) is 5.97. The number of piperidine rings is 1. The van der Waals surface area contributed by atoms with Crippen LogP contribution in [0.25, 0.3) is 0 Å². The molecule has 2 saturated heterocycles. The third kappa shape index (κ3) is 2.57. The number of rotatable bonds is 2. The third-order valence-electron chi connectivity index (χ3n) is 6.30. The number of aromatic nitrogens is 3. The maximum Gasteiger partial charge on any atom is 0.254 e. The molecule has 2 unspecified atom stereocenters. The van der Waals surface area contributed by atoms with Crippen LogP contribution in [0.15, 0.2) is 30.6 Å². The third-order valence-corrected chi connectivity index (χ3v) is 6.30. The minimum Gasteiger partial charge on any atom is -0.333 e. The first-order valence-corrected chi connectivity index (χ1v) is 9.60. The first-order valence-electron chi connectivity index (χ1n) is 9.60. The fourth-order valence-electron chi connectivity index (χ4n) is 5.10. The molecular formula is C20H24N4O. The van der Waals surface area contributed by atoms with Crippen LogP contribution in [0.4, 0.5) is 0 Å². The zero-order valence-corrected chi connectivity index (χ0v) is 14.5. The number of hydrogen-bond donors (Lipinski definition) is 0. The van der Waals surface area contributed by atoms with Crippen LogP contribution in [-0.2, 0) is 12.8 Å². The summed E-state index contributed by atoms with van der Waals surface area (Å²) in [5.41, 5.74) is 3.71. The van der Waals surface area contributed by atoms with Gasteiger partial charge in [0.1, 0.15) is 0 Å². The van der Waals surface area contributed by atoms with Crippen molar-refractivity contribution in [2.24, 2.45) is 0 Å². The Morgan fingerprint density at radius 3 is 2.32 bits per heavy atom. The average Bonchev–Trinajstić information content (AvgIpc) is 3.27. The van der Waals surface area contributed by atoms with Gasteiger partial charge in [-0.3, -0.25) is 4.79 Å². The molecule has 0 spiro atoms. The molecule has 2 aliphatic heterocycles. The molecule has 2 aromatic rings. The fourth-order valence-corrected chi connectivity index (χ4v) is 5.10. The van der Waals surface area contributed by atoms with E-state index in [9.17, 15) is 4.79 Å². The number of aryl methyl sites for hydroxylation is 2. The molecule has 3 heterocycles. The van der Waals surface area contributed by atoms with Crippen molar-refractivity contribution in [1.82, 2.24) is 19.9 Å². The van der Waals surface area contributed by atoms with Gasteiger partial charge in [0.15, 0.2) is 0 Å². The molecule has 1 aromatic carbocycles. The molecule has 0 saturated carbocycles. The van der Waals surface area contributed by atoms with Crippen molar-refractivity contribution in [2.75, 3.05) is 0 Å². The molecule has 3 aliphatic rings. The molecule has 2 bridgehead atoms. The second-order valence-corrected chi connectivity index (χ2v) is 7.76. The number of hydrogen-bond acceptors (Lipinski definition) is 3. The summed E-state index contributed by atoms with van der Waals surface area (Å²) in [6.45, 7) is 0. The number of amides is 1. The van der Waals surface area contributed by atoms with Crippen LogP contribution < -0.4 is 0 Å². The highest BCUT2D eigenvalue weighted by Crippen LogP contribution is 2.41. The molecule has 1 amide bonds. The smallest absolute Gasteiger partial charge is 0.254 e. The molecule has 0 N–H and O–H groups in total. The van der Waals surface area contributed by atoms with E-state index in [2.05, 4.69) is 27.2 Å². The molecule has 5 rings (SSSR count). The standard InChI is InChI=1S/C20H24N4O/c25-20(16-6-5-14-3-1-2-4-15(14)11-16)23-17-7-8-18(23)13-19(12-17)24-21-9-10-22-24/h5-6,9-11,17-19H,1-4,7-8,12-13H2. The van der Waals surface area contributed by atoms with Crippen molar-refractivity contribution in [3.63, 3.8) is 0 Å². The minimum atomic E-state index is 0.229. The minimum absolute atomic E-state index is 0.229. The zero-order chi connectivity index (χ0) is 16.8. The summed E-state index contributed by atoms with van der Waals surface area (Å²) in [6, 6.07) is 7.39. The van der Waals surface area contributed by atoms with Crippen molar-refractivity contribution in [3.05, 3.63) is 47.3 Å². The van der Waals surface area contributed by atoms with Crippen LogP contribution in [0.5, 0.6) is 0 Å². The lowest BCUT2D eigenvalue weighted by atomic mass is 9.89. The van der Waals surface area contributed by atoms with Crippen LogP contribution >= 0.6 is 0 Å². The Hall–Kier alpha value is -2.17. The van der Waals surface area contributed by atoms with E-state index < -0.39 is 0 Å². The Morgan fingerprint density at radius 1 is 0.920 bits per heavy atom. The predicted octanol–water partition coefficient (Wildman–Crippen LogP) is 3.17. The first kappa shape index (κ1) is 15.1. The van der Waals surface area contributed by atoms with Gasteiger partial charge in [0.05, 0.1) is 18.4 Å². The molecular weight excluding hydrogens is 312 g/mol. The van der Waals surface area contributed by atoms with Gasteiger partial charge in [0.25, 0.3) is 5.91 Å². The van der Waals surface area contributed by atoms with E-state index in [1.807, 2.05) is 10.9 Å². The summed E-state index contributed by atoms with van der Waals surface area (Å²) < 4.78 is 0. The highest BCUT2D eigenvalue weighted by atomic mass is 16.2. The summed E-state index contributed by atoms with van der Waals surface area (Å²) in [5, 5.41) is 8.63. The molecule has 5 nitrogen and oxygen atoms in total. The summed E-state index contributed by atoms with van der Waals surface area (Å²) in [7, 11) is 0. The lowest BCUT2D eigenvalue weighted by molar-refractivity contribution is 0.0512. The maximum absolute atomic E-state index is 13.2. The molecule has 130 valence electrons. The number of carbonyl (C=O) groups excluding carboxylic acids is 1. The van der Waals surface area contributed by atoms with Crippen LogP contribution in [0.2, 0.25) is 0 Å². The number of nitrogens with zero attached hydrogens (tertiary/aromatic N) is 4. The van der Waals surface area contributed by atoms with E-state index in [-0.39, 0.29) is 5.91 Å². The number of carbonyl (C=O) groups is 1. The Labute approximate surface area is 148 Å². The van der Waals surface area contributed by atoms with Gasteiger partial charge in [-0.15, -0.1) is 0 Å². The molecule has 1 aliphatic carbocycles. The van der Waals surface area contributed by atoms with E-state index in [1.165, 1.54) is 24.0 Å². The Bertz CT molecular complexity index is 771. The highest BCUT2D eigenvalue weighted by molar-refractivity contribution is 5.95. The van der Waals surface area contributed by atoms with Gasteiger partial charge in [0.2, 0.25) is 0 Å². The van der Waals surface area contributed by atoms with E-state index in [0.29, 0.717) is 18.1 Å². The summed E-state index contributed by atoms with van der Waals surface area (Å²) in [4.78, 5) is 17.2. The highest BCUT2D eigenvalue weighted by Gasteiger charge is 2.44. The molecule has 2 fully saturated rings. The van der Waals surface area contributed by atoms with Crippen LogP contribution in [-0.4, -0.2) is 37.9 Å². The van der Waals surface area contributed by atoms with Crippen LogP contribution in [0.3, 0.4) is 0 Å². The van der Waals surface area contributed by atoms with Crippen LogP contribution in [0.1, 0.15) is 66.1 Å². The van der Waals surface area contributed by atoms with E-state index in [0.717, 1.165) is 44.1 Å². The number of benzene rings is 1. The van der Waals surface area contributed by atoms with Gasteiger partial charge in [-0.1, -0.05) is 6.07 Å². The van der Waals surface area contributed by atoms with Crippen LogP contribution in [0, 0.1) is 0 Å². The van der Waals surface area contributed by atoms with Gasteiger partial charge in [-0.05, 0) is 74.6 Å². The molecule has 25 heavy (non-hydrogen) atoms. The van der Waals surface area contributed by atoms with Gasteiger partial charge in [-0.25, -0.2) is 0 Å². The SMILES string of the molecule is O=C(c1ccc2c(c1)CCCC2)N1C2CCC1CC(n1nccn1)C2. The Morgan fingerprint density at radius 2 is 1.60 bits per heavy atom. The largest absolute Gasteiger partial charge is 0.333 e. The van der Waals surface area contributed by atoms with Gasteiger partial charge < -0.3 is 4.90 Å². The van der Waals surface area contributed by atoms with Crippen molar-refractivity contribution in [1.29, 1.82) is 0 Å². The molecule has 5 heteroatoms. The molecule has 0 radical (unpaired) electrons. The summed E-state index contributed by atoms with van der Waals surface area (Å²) in [6.07, 6.45) is 12.5. The normalized spacial score (nSPS) is 28.0. The van der Waals surface area contributed by atoms with E-state index >= 15 is 0 Å². The first-order chi connectivity index (χ1) is 12.3. The second-order valence-electron chi connectivity index (χ2n) is 7.76. The Balaban J connectivity index is 1.38. The summed E-state index contributed by atoms with van der Waals surface area (Å²) >= 11 is 0. The topological polar surface area (TPSA) is 51.0 Å². The van der Waals surface area contributed by atoms with Crippen molar-refractivity contribution in [2.45, 2.75) is 69.5 Å². The monoisotopic (exact) mass is 336 g/mol. The molecule has 1 aromatic heterocycles. The fraction of sp³-hybridized carbons (Fsp3) is 0.550. The van der Waals surface area contributed by atoms with E-state index in [1.54, 1.807) is 12.4 Å². The zero-order valence-electron chi connectivity index (χ0n) is 14.5. The quantitative estimate of drug-likeness (QED) is 0.846. The van der Waals surface area contributed by atoms with Crippen molar-refractivity contribution >= 4 is 5.91 Å². The van der Waals surface area contributed by atoms with Gasteiger partial charge in [-0.2, -0.15) is 15.0 Å². The maximum atomic E-state index is 13.2. The van der Waals surface area contributed by atoms with Crippen molar-refractivity contribution < 1.29 is 4.79 Å². The summed E-state index contributed by atoms with van der Waals surface area (Å²) in [5.74, 6) is 0.229. The average molecular weight is 336 g/mol. The number of fused-ring (bicyclic) bond motifs is 3. The van der Waals surface area contributed by atoms with E-state index in [4.69, 9.17) is 0 Å². The van der Waals surface area contributed by atoms with Gasteiger partial charge >= 0.3 is 0 Å². The predicted molar refractivity (Wildman–Crippen MR) is 94.4 cm³/mol. The molecule has 2 atom stereocenters. The van der Waals surface area contributed by atoms with Gasteiger partial charge in [0, 0.05) is 17.6 Å².